The average Bonchev–Trinajstić information content (AvgIpc) is 2.99. The maximum atomic E-state index is 11.9. The highest BCUT2D eigenvalue weighted by Gasteiger charge is 2.23. The highest BCUT2D eigenvalue weighted by molar-refractivity contribution is 9.10. The summed E-state index contributed by atoms with van der Waals surface area (Å²) < 4.78 is 16.7. The van der Waals surface area contributed by atoms with Crippen LogP contribution >= 0.6 is 15.9 Å². The standard InChI is InChI=1S/C14H18BrNO4/c1-18-12-6-9(10(15)7-13(12)19-2)8-16-14(17)11-4-3-5-20-11/h6-7,11H,3-5,8H2,1-2H3,(H,16,17). The van der Waals surface area contributed by atoms with Crippen molar-refractivity contribution in [3.8, 4) is 11.5 Å². The third-order valence-electron chi connectivity index (χ3n) is 3.23. The molecule has 1 aliphatic rings. The first kappa shape index (κ1) is 15.1. The summed E-state index contributed by atoms with van der Waals surface area (Å²) in [5, 5.41) is 2.88. The molecule has 1 amide bonds. The summed E-state index contributed by atoms with van der Waals surface area (Å²) in [5.74, 6) is 1.22. The number of hydrogen-bond acceptors (Lipinski definition) is 4. The first-order valence-corrected chi connectivity index (χ1v) is 7.24. The molecular weight excluding hydrogens is 326 g/mol. The van der Waals surface area contributed by atoms with Gasteiger partial charge in [-0.1, -0.05) is 15.9 Å². The van der Waals surface area contributed by atoms with Gasteiger partial charge in [0.1, 0.15) is 6.10 Å². The number of ether oxygens (including phenoxy) is 3. The molecule has 5 nitrogen and oxygen atoms in total. The Kier molecular flexibility index (Phi) is 5.25. The van der Waals surface area contributed by atoms with Crippen LogP contribution < -0.4 is 14.8 Å². The van der Waals surface area contributed by atoms with Gasteiger partial charge in [0.05, 0.1) is 14.2 Å². The van der Waals surface area contributed by atoms with Crippen LogP contribution in [0.25, 0.3) is 0 Å². The smallest absolute Gasteiger partial charge is 0.249 e. The number of halogens is 1. The summed E-state index contributed by atoms with van der Waals surface area (Å²) in [6.45, 7) is 1.08. The van der Waals surface area contributed by atoms with E-state index in [9.17, 15) is 4.79 Å². The second-order valence-electron chi connectivity index (χ2n) is 4.52. The van der Waals surface area contributed by atoms with Gasteiger partial charge in [-0.3, -0.25) is 4.79 Å². The molecule has 1 N–H and O–H groups in total. The first-order chi connectivity index (χ1) is 9.65. The normalized spacial score (nSPS) is 17.9. The van der Waals surface area contributed by atoms with Gasteiger partial charge < -0.3 is 19.5 Å². The number of nitrogens with one attached hydrogen (secondary N) is 1. The molecule has 1 aromatic rings. The van der Waals surface area contributed by atoms with Crippen LogP contribution in [0.4, 0.5) is 0 Å². The molecule has 20 heavy (non-hydrogen) atoms. The summed E-state index contributed by atoms with van der Waals surface area (Å²) in [6, 6.07) is 3.67. The molecule has 1 aliphatic heterocycles. The van der Waals surface area contributed by atoms with Crippen LogP contribution in [0.3, 0.4) is 0 Å². The fourth-order valence-electron chi connectivity index (χ4n) is 2.11. The van der Waals surface area contributed by atoms with Gasteiger partial charge >= 0.3 is 0 Å². The molecule has 1 fully saturated rings. The number of carbonyl (C=O) groups is 1. The highest BCUT2D eigenvalue weighted by atomic mass is 79.9. The minimum Gasteiger partial charge on any atom is -0.493 e. The Balaban J connectivity index is 2.03. The minimum absolute atomic E-state index is 0.0656. The van der Waals surface area contributed by atoms with E-state index in [0.717, 1.165) is 22.9 Å². The van der Waals surface area contributed by atoms with Crippen LogP contribution in [0.1, 0.15) is 18.4 Å². The van der Waals surface area contributed by atoms with Crippen molar-refractivity contribution in [1.82, 2.24) is 5.32 Å². The lowest BCUT2D eigenvalue weighted by Crippen LogP contribution is -2.33. The second-order valence-corrected chi connectivity index (χ2v) is 5.37. The first-order valence-electron chi connectivity index (χ1n) is 6.45. The van der Waals surface area contributed by atoms with E-state index < -0.39 is 0 Å². The predicted octanol–water partition coefficient (Wildman–Crippen LogP) is 2.26. The van der Waals surface area contributed by atoms with Crippen LogP contribution in [-0.2, 0) is 16.1 Å². The van der Waals surface area contributed by atoms with Gasteiger partial charge in [-0.2, -0.15) is 0 Å². The summed E-state index contributed by atoms with van der Waals surface area (Å²) >= 11 is 3.47. The molecule has 1 saturated heterocycles. The number of benzene rings is 1. The third-order valence-corrected chi connectivity index (χ3v) is 3.97. The predicted molar refractivity (Wildman–Crippen MR) is 78.1 cm³/mol. The van der Waals surface area contributed by atoms with E-state index in [-0.39, 0.29) is 12.0 Å². The van der Waals surface area contributed by atoms with Gasteiger partial charge in [-0.25, -0.2) is 0 Å². The lowest BCUT2D eigenvalue weighted by atomic mass is 10.2. The van der Waals surface area contributed by atoms with Crippen LogP contribution in [0.2, 0.25) is 0 Å². The van der Waals surface area contributed by atoms with Gasteiger partial charge in [-0.15, -0.1) is 0 Å². The van der Waals surface area contributed by atoms with Gasteiger partial charge in [-0.05, 0) is 30.5 Å². The maximum Gasteiger partial charge on any atom is 0.249 e. The molecule has 0 aliphatic carbocycles. The van der Waals surface area contributed by atoms with Gasteiger partial charge in [0.2, 0.25) is 5.91 Å². The monoisotopic (exact) mass is 343 g/mol. The molecule has 2 rings (SSSR count). The number of carbonyl (C=O) groups excluding carboxylic acids is 1. The quantitative estimate of drug-likeness (QED) is 0.890. The molecule has 1 atom stereocenters. The van der Waals surface area contributed by atoms with E-state index >= 15 is 0 Å². The Labute approximate surface area is 126 Å². The Hall–Kier alpha value is -1.27. The zero-order valence-corrected chi connectivity index (χ0v) is 13.2. The molecule has 1 unspecified atom stereocenters. The second kappa shape index (κ2) is 6.95. The van der Waals surface area contributed by atoms with E-state index in [4.69, 9.17) is 14.2 Å². The molecule has 1 heterocycles. The Morgan fingerprint density at radius 2 is 2.10 bits per heavy atom. The summed E-state index contributed by atoms with van der Waals surface area (Å²) in [4.78, 5) is 11.9. The number of hydrogen-bond donors (Lipinski definition) is 1. The van der Waals surface area contributed by atoms with Crippen molar-refractivity contribution >= 4 is 21.8 Å². The molecular formula is C14H18BrNO4. The number of methoxy groups -OCH3 is 2. The van der Waals surface area contributed by atoms with Crippen molar-refractivity contribution in [3.05, 3.63) is 22.2 Å². The summed E-state index contributed by atoms with van der Waals surface area (Å²) in [5.41, 5.74) is 0.925. The zero-order chi connectivity index (χ0) is 14.5. The number of rotatable bonds is 5. The molecule has 0 bridgehead atoms. The van der Waals surface area contributed by atoms with Crippen molar-refractivity contribution in [2.45, 2.75) is 25.5 Å². The largest absolute Gasteiger partial charge is 0.493 e. The molecule has 0 spiro atoms. The SMILES string of the molecule is COc1cc(Br)c(CNC(=O)C2CCCO2)cc1OC. The lowest BCUT2D eigenvalue weighted by molar-refractivity contribution is -0.130. The van der Waals surface area contributed by atoms with Crippen LogP contribution in [0, 0.1) is 0 Å². The molecule has 110 valence electrons. The van der Waals surface area contributed by atoms with Crippen molar-refractivity contribution in [2.24, 2.45) is 0 Å². The highest BCUT2D eigenvalue weighted by Crippen LogP contribution is 2.33. The van der Waals surface area contributed by atoms with Gasteiger partial charge in [0.15, 0.2) is 11.5 Å². The van der Waals surface area contributed by atoms with Gasteiger partial charge in [0.25, 0.3) is 0 Å². The Morgan fingerprint density at radius 1 is 1.40 bits per heavy atom. The van der Waals surface area contributed by atoms with Crippen LogP contribution in [0.5, 0.6) is 11.5 Å². The molecule has 0 aromatic heterocycles. The number of amides is 1. The fraction of sp³-hybridized carbons (Fsp3) is 0.500. The zero-order valence-electron chi connectivity index (χ0n) is 11.6. The molecule has 1 aromatic carbocycles. The maximum absolute atomic E-state index is 11.9. The van der Waals surface area contributed by atoms with Crippen molar-refractivity contribution < 1.29 is 19.0 Å². The van der Waals surface area contributed by atoms with Crippen LogP contribution in [-0.4, -0.2) is 32.8 Å². The van der Waals surface area contributed by atoms with Crippen molar-refractivity contribution in [1.29, 1.82) is 0 Å². The summed E-state index contributed by atoms with van der Waals surface area (Å²) in [7, 11) is 3.17. The van der Waals surface area contributed by atoms with E-state index in [2.05, 4.69) is 21.2 Å². The van der Waals surface area contributed by atoms with Gasteiger partial charge in [0, 0.05) is 17.6 Å². The van der Waals surface area contributed by atoms with E-state index in [1.807, 2.05) is 12.1 Å². The minimum atomic E-state index is -0.311. The van der Waals surface area contributed by atoms with Crippen molar-refractivity contribution in [3.63, 3.8) is 0 Å². The Bertz CT molecular complexity index is 486. The van der Waals surface area contributed by atoms with Crippen molar-refractivity contribution in [2.75, 3.05) is 20.8 Å². The molecule has 6 heteroatoms. The average molecular weight is 344 g/mol. The molecule has 0 saturated carbocycles. The lowest BCUT2D eigenvalue weighted by Gasteiger charge is -2.14. The topological polar surface area (TPSA) is 56.8 Å². The van der Waals surface area contributed by atoms with Crippen LogP contribution in [0.15, 0.2) is 16.6 Å². The van der Waals surface area contributed by atoms with E-state index in [0.29, 0.717) is 24.7 Å². The molecule has 0 radical (unpaired) electrons. The fourth-order valence-corrected chi connectivity index (χ4v) is 2.57. The van der Waals surface area contributed by atoms with E-state index in [1.54, 1.807) is 14.2 Å². The van der Waals surface area contributed by atoms with E-state index in [1.165, 1.54) is 0 Å². The third kappa shape index (κ3) is 3.43. The Morgan fingerprint density at radius 3 is 2.70 bits per heavy atom. The summed E-state index contributed by atoms with van der Waals surface area (Å²) in [6.07, 6.45) is 1.42.